The Morgan fingerprint density at radius 3 is 2.26 bits per heavy atom. The van der Waals surface area contributed by atoms with E-state index >= 15 is 0 Å². The molecule has 0 aliphatic heterocycles. The lowest BCUT2D eigenvalue weighted by Crippen LogP contribution is -1.91. The van der Waals surface area contributed by atoms with Crippen LogP contribution in [0.3, 0.4) is 0 Å². The minimum Gasteiger partial charge on any atom is -0.456 e. The van der Waals surface area contributed by atoms with Gasteiger partial charge >= 0.3 is 0 Å². The fourth-order valence-electron chi connectivity index (χ4n) is 1.77. The van der Waals surface area contributed by atoms with E-state index in [9.17, 15) is 0 Å². The van der Waals surface area contributed by atoms with Gasteiger partial charge in [-0.1, -0.05) is 23.2 Å². The zero-order chi connectivity index (χ0) is 14.0. The molecule has 0 aromatic heterocycles. The van der Waals surface area contributed by atoms with Gasteiger partial charge in [0.2, 0.25) is 0 Å². The topological polar surface area (TPSA) is 33.0 Å². The zero-order valence-corrected chi connectivity index (χ0v) is 12.0. The van der Waals surface area contributed by atoms with Crippen molar-refractivity contribution in [1.29, 1.82) is 5.26 Å². The van der Waals surface area contributed by atoms with Gasteiger partial charge in [0.15, 0.2) is 0 Å². The molecule has 0 N–H and O–H groups in total. The maximum Gasteiger partial charge on any atom is 0.146 e. The molecule has 0 bridgehead atoms. The molecule has 0 atom stereocenters. The highest BCUT2D eigenvalue weighted by Gasteiger charge is 2.08. The van der Waals surface area contributed by atoms with Crippen LogP contribution in [0.5, 0.6) is 11.5 Å². The normalized spacial score (nSPS) is 10.1. The van der Waals surface area contributed by atoms with Crippen LogP contribution in [0.2, 0.25) is 10.0 Å². The van der Waals surface area contributed by atoms with Crippen molar-refractivity contribution in [2.45, 2.75) is 13.8 Å². The van der Waals surface area contributed by atoms with Gasteiger partial charge < -0.3 is 4.74 Å². The lowest BCUT2D eigenvalue weighted by atomic mass is 10.1. The van der Waals surface area contributed by atoms with Gasteiger partial charge in [0.1, 0.15) is 17.6 Å². The molecule has 0 aliphatic carbocycles. The number of aryl methyl sites for hydroxylation is 2. The van der Waals surface area contributed by atoms with E-state index in [1.807, 2.05) is 26.0 Å². The Balaban J connectivity index is 2.42. The first kappa shape index (κ1) is 13.7. The lowest BCUT2D eigenvalue weighted by molar-refractivity contribution is 0.480. The Morgan fingerprint density at radius 1 is 1.05 bits per heavy atom. The predicted molar refractivity (Wildman–Crippen MR) is 77.2 cm³/mol. The average molecular weight is 292 g/mol. The average Bonchev–Trinajstić information content (AvgIpc) is 2.36. The van der Waals surface area contributed by atoms with Crippen LogP contribution < -0.4 is 4.74 Å². The largest absolute Gasteiger partial charge is 0.456 e. The van der Waals surface area contributed by atoms with E-state index in [1.165, 1.54) is 0 Å². The first-order valence-electron chi connectivity index (χ1n) is 5.65. The number of nitrogens with zero attached hydrogens (tertiary/aromatic N) is 1. The Hall–Kier alpha value is -1.69. The summed E-state index contributed by atoms with van der Waals surface area (Å²) >= 11 is 12.0. The first-order valence-corrected chi connectivity index (χ1v) is 6.41. The molecule has 0 fully saturated rings. The summed E-state index contributed by atoms with van der Waals surface area (Å²) in [5.74, 6) is 1.08. The SMILES string of the molecule is Cc1cc(Oc2cc(Cl)ccc2C#N)cc(C)c1Cl. The highest BCUT2D eigenvalue weighted by molar-refractivity contribution is 6.32. The van der Waals surface area contributed by atoms with Gasteiger partial charge in [-0.15, -0.1) is 0 Å². The molecular formula is C15H11Cl2NO. The van der Waals surface area contributed by atoms with E-state index < -0.39 is 0 Å². The third kappa shape index (κ3) is 3.01. The molecule has 2 nitrogen and oxygen atoms in total. The minimum absolute atomic E-state index is 0.439. The Bertz CT molecular complexity index is 651. The van der Waals surface area contributed by atoms with Crippen molar-refractivity contribution in [3.63, 3.8) is 0 Å². The molecule has 0 unspecified atom stereocenters. The molecule has 0 spiro atoms. The number of benzene rings is 2. The fraction of sp³-hybridized carbons (Fsp3) is 0.133. The van der Waals surface area contributed by atoms with Gasteiger partial charge in [0.05, 0.1) is 5.56 Å². The van der Waals surface area contributed by atoms with Crippen LogP contribution in [0.15, 0.2) is 30.3 Å². The van der Waals surface area contributed by atoms with Crippen LogP contribution in [0.4, 0.5) is 0 Å². The van der Waals surface area contributed by atoms with Crippen LogP contribution in [-0.2, 0) is 0 Å². The molecule has 0 saturated carbocycles. The molecular weight excluding hydrogens is 281 g/mol. The molecule has 0 saturated heterocycles. The van der Waals surface area contributed by atoms with Crippen LogP contribution in [0.1, 0.15) is 16.7 Å². The summed E-state index contributed by atoms with van der Waals surface area (Å²) in [5, 5.41) is 10.3. The number of rotatable bonds is 2. The number of nitriles is 1. The Labute approximate surface area is 122 Å². The minimum atomic E-state index is 0.439. The van der Waals surface area contributed by atoms with Crippen LogP contribution in [0.25, 0.3) is 0 Å². The molecule has 2 aromatic rings. The highest BCUT2D eigenvalue weighted by Crippen LogP contribution is 2.31. The summed E-state index contributed by atoms with van der Waals surface area (Å²) in [6, 6.07) is 10.7. The van der Waals surface area contributed by atoms with E-state index in [0.717, 1.165) is 16.1 Å². The quantitative estimate of drug-likeness (QED) is 0.755. The summed E-state index contributed by atoms with van der Waals surface area (Å²) in [6.07, 6.45) is 0. The van der Waals surface area contributed by atoms with E-state index in [0.29, 0.717) is 22.1 Å². The van der Waals surface area contributed by atoms with E-state index in [4.69, 9.17) is 33.2 Å². The Morgan fingerprint density at radius 2 is 1.68 bits per heavy atom. The van der Waals surface area contributed by atoms with Gasteiger partial charge in [-0.2, -0.15) is 5.26 Å². The standard InChI is InChI=1S/C15H11Cl2NO/c1-9-5-13(6-10(2)15(9)17)19-14-7-12(16)4-3-11(14)8-18/h3-7H,1-2H3. The molecule has 96 valence electrons. The molecule has 0 amide bonds. The molecule has 2 rings (SSSR count). The van der Waals surface area contributed by atoms with Gasteiger partial charge in [-0.3, -0.25) is 0 Å². The molecule has 4 heteroatoms. The third-order valence-corrected chi connectivity index (χ3v) is 3.53. The van der Waals surface area contributed by atoms with E-state index in [-0.39, 0.29) is 0 Å². The van der Waals surface area contributed by atoms with Crippen LogP contribution in [-0.4, -0.2) is 0 Å². The smallest absolute Gasteiger partial charge is 0.146 e. The van der Waals surface area contributed by atoms with Crippen molar-refractivity contribution in [3.8, 4) is 17.6 Å². The third-order valence-electron chi connectivity index (χ3n) is 2.70. The summed E-state index contributed by atoms with van der Waals surface area (Å²) in [5.41, 5.74) is 2.30. The van der Waals surface area contributed by atoms with Crippen LogP contribution >= 0.6 is 23.2 Å². The Kier molecular flexibility index (Phi) is 3.99. The van der Waals surface area contributed by atoms with Crippen molar-refractivity contribution in [2.24, 2.45) is 0 Å². The van der Waals surface area contributed by atoms with E-state index in [1.54, 1.807) is 18.2 Å². The predicted octanol–water partition coefficient (Wildman–Crippen LogP) is 5.27. The van der Waals surface area contributed by atoms with Gasteiger partial charge in [0.25, 0.3) is 0 Å². The van der Waals surface area contributed by atoms with Gasteiger partial charge in [0, 0.05) is 16.1 Å². The lowest BCUT2D eigenvalue weighted by Gasteiger charge is -2.11. The fourth-order valence-corrected chi connectivity index (χ4v) is 2.04. The van der Waals surface area contributed by atoms with Crippen molar-refractivity contribution in [2.75, 3.05) is 0 Å². The molecule has 19 heavy (non-hydrogen) atoms. The molecule has 0 radical (unpaired) electrons. The summed E-state index contributed by atoms with van der Waals surface area (Å²) in [6.45, 7) is 3.82. The summed E-state index contributed by atoms with van der Waals surface area (Å²) in [7, 11) is 0. The second kappa shape index (κ2) is 5.52. The second-order valence-corrected chi connectivity index (χ2v) is 5.04. The molecule has 0 heterocycles. The number of hydrogen-bond donors (Lipinski definition) is 0. The monoisotopic (exact) mass is 291 g/mol. The first-order chi connectivity index (χ1) is 9.01. The second-order valence-electron chi connectivity index (χ2n) is 4.23. The van der Waals surface area contributed by atoms with Gasteiger partial charge in [-0.25, -0.2) is 0 Å². The van der Waals surface area contributed by atoms with E-state index in [2.05, 4.69) is 6.07 Å². The number of hydrogen-bond acceptors (Lipinski definition) is 2. The maximum absolute atomic E-state index is 9.05. The van der Waals surface area contributed by atoms with Crippen molar-refractivity contribution >= 4 is 23.2 Å². The van der Waals surface area contributed by atoms with Crippen molar-refractivity contribution < 1.29 is 4.74 Å². The van der Waals surface area contributed by atoms with Crippen molar-refractivity contribution in [3.05, 3.63) is 57.1 Å². The number of ether oxygens (including phenoxy) is 1. The zero-order valence-electron chi connectivity index (χ0n) is 10.5. The molecule has 2 aromatic carbocycles. The molecule has 0 aliphatic rings. The van der Waals surface area contributed by atoms with Gasteiger partial charge in [-0.05, 0) is 49.2 Å². The summed E-state index contributed by atoms with van der Waals surface area (Å²) in [4.78, 5) is 0. The van der Waals surface area contributed by atoms with Crippen molar-refractivity contribution in [1.82, 2.24) is 0 Å². The highest BCUT2D eigenvalue weighted by atomic mass is 35.5. The van der Waals surface area contributed by atoms with Crippen LogP contribution in [0, 0.1) is 25.2 Å². The maximum atomic E-state index is 9.05. The number of halogens is 2. The summed E-state index contributed by atoms with van der Waals surface area (Å²) < 4.78 is 5.73.